The van der Waals surface area contributed by atoms with Crippen molar-refractivity contribution < 1.29 is 22.7 Å². The number of hydrogen-bond acceptors (Lipinski definition) is 6. The third-order valence-corrected chi connectivity index (χ3v) is 6.18. The second-order valence-electron chi connectivity index (χ2n) is 8.57. The first kappa shape index (κ1) is 25.8. The minimum Gasteiger partial charge on any atom is -0.755 e. The lowest BCUT2D eigenvalue weighted by molar-refractivity contribution is -0.142. The molecular weight excluding hydrogens is 483 g/mol. The van der Waals surface area contributed by atoms with Crippen molar-refractivity contribution in [2.24, 2.45) is 7.05 Å². The quantitative estimate of drug-likeness (QED) is 0.342. The molecule has 0 aliphatic rings. The van der Waals surface area contributed by atoms with Crippen molar-refractivity contribution in [3.8, 4) is 11.4 Å². The molecule has 0 aliphatic heterocycles. The minimum absolute atomic E-state index is 0.00285. The summed E-state index contributed by atoms with van der Waals surface area (Å²) in [6.07, 6.45) is -0.132. The highest BCUT2D eigenvalue weighted by molar-refractivity contribution is 7.81. The topological polar surface area (TPSA) is 100 Å². The van der Waals surface area contributed by atoms with Crippen molar-refractivity contribution in [1.82, 2.24) is 14.8 Å². The number of rotatable bonds is 7. The Balaban J connectivity index is 2.14. The van der Waals surface area contributed by atoms with Crippen molar-refractivity contribution in [2.75, 3.05) is 10.9 Å². The van der Waals surface area contributed by atoms with Crippen LogP contribution in [0, 0.1) is 5.82 Å². The van der Waals surface area contributed by atoms with E-state index in [9.17, 15) is 17.9 Å². The maximum absolute atomic E-state index is 14.5. The van der Waals surface area contributed by atoms with Crippen molar-refractivity contribution in [3.63, 3.8) is 0 Å². The molecule has 0 aliphatic carbocycles. The van der Waals surface area contributed by atoms with E-state index in [0.717, 1.165) is 15.9 Å². The van der Waals surface area contributed by atoms with Gasteiger partial charge in [-0.1, -0.05) is 44.5 Å². The molecule has 0 saturated heterocycles. The summed E-state index contributed by atoms with van der Waals surface area (Å²) in [4.78, 5) is 11.9. The van der Waals surface area contributed by atoms with Crippen LogP contribution >= 0.6 is 11.6 Å². The van der Waals surface area contributed by atoms with E-state index >= 15 is 0 Å². The Labute approximate surface area is 205 Å². The number of anilines is 2. The van der Waals surface area contributed by atoms with E-state index in [0.29, 0.717) is 11.5 Å². The van der Waals surface area contributed by atoms with Crippen LogP contribution < -0.4 is 4.31 Å². The lowest BCUT2D eigenvalue weighted by Gasteiger charge is -2.29. The number of benzene rings is 2. The molecule has 0 amide bonds. The Kier molecular flexibility index (Phi) is 7.74. The Bertz CT molecular complexity index is 1220. The van der Waals surface area contributed by atoms with Crippen molar-refractivity contribution in [3.05, 3.63) is 58.6 Å². The number of carbonyl (C=O) groups is 1. The van der Waals surface area contributed by atoms with E-state index in [1.807, 2.05) is 32.9 Å². The summed E-state index contributed by atoms with van der Waals surface area (Å²) in [7, 11) is 1.61. The van der Waals surface area contributed by atoms with Gasteiger partial charge in [-0.05, 0) is 36.1 Å². The van der Waals surface area contributed by atoms with Gasteiger partial charge in [0.2, 0.25) is 0 Å². The van der Waals surface area contributed by atoms with Crippen LogP contribution in [0.5, 0.6) is 0 Å². The molecule has 8 nitrogen and oxygen atoms in total. The molecule has 1 heterocycles. The fraction of sp³-hybridized carbons (Fsp3) is 0.348. The summed E-state index contributed by atoms with van der Waals surface area (Å²) in [6, 6.07) is 9.26. The molecule has 3 rings (SSSR count). The second-order valence-corrected chi connectivity index (χ2v) is 9.78. The van der Waals surface area contributed by atoms with Gasteiger partial charge in [-0.3, -0.25) is 13.3 Å². The molecule has 0 fully saturated rings. The largest absolute Gasteiger partial charge is 0.755 e. The molecule has 1 unspecified atom stereocenters. The fourth-order valence-electron chi connectivity index (χ4n) is 3.38. The molecule has 3 aromatic rings. The third kappa shape index (κ3) is 5.45. The summed E-state index contributed by atoms with van der Waals surface area (Å²) in [5.74, 6) is -0.777. The predicted octanol–water partition coefficient (Wildman–Crippen LogP) is 4.61. The van der Waals surface area contributed by atoms with E-state index in [2.05, 4.69) is 10.2 Å². The molecule has 0 bridgehead atoms. The SMILES string of the molecule is CCOC(=O)Cc1nnc(-c2cc(Cl)c(F)cc2N(c2ccc(C(C)(C)C)cc2)S(=O)[O-])n1C. The summed E-state index contributed by atoms with van der Waals surface area (Å²) in [5, 5.41) is 7.92. The molecule has 1 atom stereocenters. The van der Waals surface area contributed by atoms with Crippen LogP contribution in [0.4, 0.5) is 15.8 Å². The average molecular weight is 508 g/mol. The molecule has 182 valence electrons. The van der Waals surface area contributed by atoms with Gasteiger partial charge in [0.1, 0.15) is 18.1 Å². The smallest absolute Gasteiger partial charge is 0.313 e. The monoisotopic (exact) mass is 507 g/mol. The Morgan fingerprint density at radius 1 is 1.24 bits per heavy atom. The zero-order chi connectivity index (χ0) is 25.2. The number of hydrogen-bond donors (Lipinski definition) is 0. The van der Waals surface area contributed by atoms with Crippen LogP contribution in [0.3, 0.4) is 0 Å². The van der Waals surface area contributed by atoms with Gasteiger partial charge >= 0.3 is 5.97 Å². The predicted molar refractivity (Wildman–Crippen MR) is 128 cm³/mol. The van der Waals surface area contributed by atoms with E-state index in [1.165, 1.54) is 10.6 Å². The molecule has 2 aromatic carbocycles. The Morgan fingerprint density at radius 3 is 2.44 bits per heavy atom. The van der Waals surface area contributed by atoms with Gasteiger partial charge in [-0.15, -0.1) is 10.2 Å². The maximum Gasteiger partial charge on any atom is 0.313 e. The minimum atomic E-state index is -2.80. The van der Waals surface area contributed by atoms with Crippen LogP contribution in [0.15, 0.2) is 36.4 Å². The first-order valence-corrected chi connectivity index (χ1v) is 11.9. The van der Waals surface area contributed by atoms with E-state index in [4.69, 9.17) is 16.3 Å². The maximum atomic E-state index is 14.5. The first-order valence-electron chi connectivity index (χ1n) is 10.5. The van der Waals surface area contributed by atoms with Gasteiger partial charge in [0, 0.05) is 18.7 Å². The lowest BCUT2D eigenvalue weighted by atomic mass is 9.87. The zero-order valence-corrected chi connectivity index (χ0v) is 21.0. The molecule has 1 aromatic heterocycles. The average Bonchev–Trinajstić information content (AvgIpc) is 3.10. The van der Waals surface area contributed by atoms with Crippen molar-refractivity contribution in [2.45, 2.75) is 39.5 Å². The Morgan fingerprint density at radius 2 is 1.88 bits per heavy atom. The number of halogens is 2. The van der Waals surface area contributed by atoms with E-state index < -0.39 is 23.1 Å². The second kappa shape index (κ2) is 10.2. The molecule has 0 N–H and O–H groups in total. The van der Waals surface area contributed by atoms with Gasteiger partial charge in [-0.25, -0.2) is 4.39 Å². The van der Waals surface area contributed by atoms with Crippen molar-refractivity contribution >= 4 is 40.2 Å². The van der Waals surface area contributed by atoms with Gasteiger partial charge in [0.25, 0.3) is 0 Å². The van der Waals surface area contributed by atoms with Crippen LogP contribution in [0.2, 0.25) is 5.02 Å². The molecule has 34 heavy (non-hydrogen) atoms. The molecule has 0 spiro atoms. The molecule has 0 saturated carbocycles. The number of esters is 1. The van der Waals surface area contributed by atoms with Gasteiger partial charge in [0.15, 0.2) is 5.82 Å². The highest BCUT2D eigenvalue weighted by Gasteiger charge is 2.24. The Hall–Kier alpha value is -2.82. The van der Waals surface area contributed by atoms with E-state index in [1.54, 1.807) is 26.1 Å². The highest BCUT2D eigenvalue weighted by atomic mass is 35.5. The summed E-state index contributed by atoms with van der Waals surface area (Å²) < 4.78 is 46.6. The zero-order valence-electron chi connectivity index (χ0n) is 19.5. The highest BCUT2D eigenvalue weighted by Crippen LogP contribution is 2.39. The van der Waals surface area contributed by atoms with Gasteiger partial charge in [-0.2, -0.15) is 0 Å². The van der Waals surface area contributed by atoms with Crippen molar-refractivity contribution in [1.29, 1.82) is 0 Å². The van der Waals surface area contributed by atoms with Gasteiger partial charge in [0.05, 0.1) is 34.3 Å². The number of ether oxygens (including phenoxy) is 1. The summed E-state index contributed by atoms with van der Waals surface area (Å²) in [6.45, 7) is 8.04. The molecule has 0 radical (unpaired) electrons. The fourth-order valence-corrected chi connectivity index (χ4v) is 4.15. The number of nitrogens with zero attached hydrogens (tertiary/aromatic N) is 4. The first-order chi connectivity index (χ1) is 15.9. The van der Waals surface area contributed by atoms with E-state index in [-0.39, 0.29) is 40.5 Å². The van der Waals surface area contributed by atoms with Crippen LogP contribution in [0.25, 0.3) is 11.4 Å². The van der Waals surface area contributed by atoms with Gasteiger partial charge < -0.3 is 13.9 Å². The molecular formula is C23H25ClFN4O4S-. The van der Waals surface area contributed by atoms with Crippen LogP contribution in [-0.4, -0.2) is 36.1 Å². The van der Waals surface area contributed by atoms with Crippen LogP contribution in [-0.2, 0) is 39.7 Å². The number of carbonyl (C=O) groups excluding carboxylic acids is 1. The standard InChI is InChI=1S/C23H26ClFN4O4S/c1-6-33-21(30)13-20-26-27-22(28(20)5)16-11-17(24)18(25)12-19(16)29(34(31)32)15-9-7-14(8-10-15)23(2,3)4/h7-12H,6,13H2,1-5H3,(H,31,32)/p-1. The molecule has 11 heteroatoms. The third-order valence-electron chi connectivity index (χ3n) is 5.19. The summed E-state index contributed by atoms with van der Waals surface area (Å²) in [5.41, 5.74) is 1.40. The number of aromatic nitrogens is 3. The van der Waals surface area contributed by atoms with Crippen LogP contribution in [0.1, 0.15) is 39.1 Å². The summed E-state index contributed by atoms with van der Waals surface area (Å²) >= 11 is 3.24. The lowest BCUT2D eigenvalue weighted by Crippen LogP contribution is -2.21. The normalized spacial score (nSPS) is 12.5.